The molecule has 5 nitrogen and oxygen atoms in total. The molecule has 2 saturated heterocycles. The van der Waals surface area contributed by atoms with E-state index in [0.717, 1.165) is 25.9 Å². The number of rotatable bonds is 3. The van der Waals surface area contributed by atoms with Gasteiger partial charge >= 0.3 is 0 Å². The van der Waals surface area contributed by atoms with Crippen LogP contribution in [0.25, 0.3) is 0 Å². The minimum Gasteiger partial charge on any atom is -0.474 e. The lowest BCUT2D eigenvalue weighted by molar-refractivity contribution is -0.0128. The van der Waals surface area contributed by atoms with Crippen molar-refractivity contribution in [1.29, 1.82) is 0 Å². The van der Waals surface area contributed by atoms with E-state index in [1.165, 1.54) is 18.5 Å². The van der Waals surface area contributed by atoms with Crippen LogP contribution >= 0.6 is 0 Å². The molecule has 2 N–H and O–H groups in total. The fourth-order valence-electron chi connectivity index (χ4n) is 3.63. The van der Waals surface area contributed by atoms with Crippen LogP contribution in [0.2, 0.25) is 0 Å². The van der Waals surface area contributed by atoms with Gasteiger partial charge in [0.05, 0.1) is 6.10 Å². The molecule has 1 saturated carbocycles. The van der Waals surface area contributed by atoms with Gasteiger partial charge in [0.25, 0.3) is 0 Å². The predicted molar refractivity (Wildman–Crippen MR) is 76.1 cm³/mol. The molecule has 0 unspecified atom stereocenters. The fourth-order valence-corrected chi connectivity index (χ4v) is 3.63. The van der Waals surface area contributed by atoms with Crippen molar-refractivity contribution in [1.82, 2.24) is 10.3 Å². The molecule has 3 aliphatic rings. The summed E-state index contributed by atoms with van der Waals surface area (Å²) in [4.78, 5) is 6.83. The third kappa shape index (κ3) is 2.15. The molecule has 5 heteroatoms. The van der Waals surface area contributed by atoms with Gasteiger partial charge in [-0.3, -0.25) is 0 Å². The van der Waals surface area contributed by atoms with Crippen LogP contribution < -0.4 is 15.0 Å². The maximum Gasteiger partial charge on any atom is 0.215 e. The molecule has 1 aliphatic carbocycles. The second kappa shape index (κ2) is 4.90. The minimum atomic E-state index is -0.188. The number of aromatic nitrogens is 1. The quantitative estimate of drug-likeness (QED) is 0.859. The summed E-state index contributed by atoms with van der Waals surface area (Å²) in [5.41, 5.74) is 1.23. The molecule has 0 amide bonds. The highest BCUT2D eigenvalue weighted by atomic mass is 16.5. The van der Waals surface area contributed by atoms with Crippen molar-refractivity contribution in [3.05, 3.63) is 18.3 Å². The largest absolute Gasteiger partial charge is 0.474 e. The molecule has 0 radical (unpaired) electrons. The first-order valence-corrected chi connectivity index (χ1v) is 7.59. The number of aliphatic hydroxyl groups excluding tert-OH is 1. The van der Waals surface area contributed by atoms with E-state index in [0.29, 0.717) is 18.0 Å². The van der Waals surface area contributed by atoms with Crippen molar-refractivity contribution in [3.8, 4) is 5.88 Å². The van der Waals surface area contributed by atoms with Gasteiger partial charge in [-0.05, 0) is 18.9 Å². The summed E-state index contributed by atoms with van der Waals surface area (Å²) in [6, 6.07) is 5.35. The van der Waals surface area contributed by atoms with Gasteiger partial charge in [0.1, 0.15) is 6.10 Å². The van der Waals surface area contributed by atoms with E-state index in [1.807, 2.05) is 6.20 Å². The van der Waals surface area contributed by atoms with Crippen molar-refractivity contribution in [2.24, 2.45) is 0 Å². The molecule has 2 aliphatic heterocycles. The maximum atomic E-state index is 9.32. The molecule has 4 rings (SSSR count). The SMILES string of the molecule is OC1CC(Oc2cc(N3[C@H]4CC[C@H]3CNC4)ccn2)C1. The van der Waals surface area contributed by atoms with E-state index in [9.17, 15) is 5.11 Å². The Morgan fingerprint density at radius 3 is 2.70 bits per heavy atom. The van der Waals surface area contributed by atoms with Gasteiger partial charge in [-0.15, -0.1) is 0 Å². The lowest BCUT2D eigenvalue weighted by Crippen LogP contribution is -2.52. The maximum absolute atomic E-state index is 9.32. The van der Waals surface area contributed by atoms with E-state index in [4.69, 9.17) is 4.74 Å². The van der Waals surface area contributed by atoms with Crippen LogP contribution in [0.4, 0.5) is 5.69 Å². The van der Waals surface area contributed by atoms with Gasteiger partial charge in [0, 0.05) is 56.0 Å². The van der Waals surface area contributed by atoms with Crippen LogP contribution in [-0.2, 0) is 0 Å². The van der Waals surface area contributed by atoms with Gasteiger partial charge in [0.15, 0.2) is 0 Å². The summed E-state index contributed by atoms with van der Waals surface area (Å²) in [6.07, 6.45) is 5.77. The third-order valence-corrected chi connectivity index (χ3v) is 4.75. The first kappa shape index (κ1) is 12.4. The van der Waals surface area contributed by atoms with Gasteiger partial charge < -0.3 is 20.1 Å². The molecule has 1 aromatic rings. The topological polar surface area (TPSA) is 57.6 Å². The molecular weight excluding hydrogens is 254 g/mol. The predicted octanol–water partition coefficient (Wildman–Crippen LogP) is 0.924. The van der Waals surface area contributed by atoms with Crippen molar-refractivity contribution < 1.29 is 9.84 Å². The smallest absolute Gasteiger partial charge is 0.215 e. The third-order valence-electron chi connectivity index (χ3n) is 4.75. The molecule has 20 heavy (non-hydrogen) atoms. The highest BCUT2D eigenvalue weighted by Gasteiger charge is 2.36. The molecule has 0 aromatic carbocycles. The average Bonchev–Trinajstić information content (AvgIpc) is 2.67. The van der Waals surface area contributed by atoms with Crippen LogP contribution in [0.15, 0.2) is 18.3 Å². The molecule has 3 heterocycles. The highest BCUT2D eigenvalue weighted by molar-refractivity contribution is 5.52. The summed E-state index contributed by atoms with van der Waals surface area (Å²) in [7, 11) is 0. The van der Waals surface area contributed by atoms with Gasteiger partial charge in [-0.25, -0.2) is 4.98 Å². The standard InChI is InChI=1S/C15H21N3O2/c19-13-6-14(7-13)20-15-5-10(3-4-17-15)18-11-1-2-12(18)9-16-8-11/h3-5,11-14,16,19H,1-2,6-9H2/t11-,12-,13?,14?/m0/s1. The number of pyridine rings is 1. The summed E-state index contributed by atoms with van der Waals surface area (Å²) in [5.74, 6) is 0.692. The average molecular weight is 275 g/mol. The molecule has 108 valence electrons. The van der Waals surface area contributed by atoms with Crippen LogP contribution in [0.5, 0.6) is 5.88 Å². The van der Waals surface area contributed by atoms with Gasteiger partial charge in [0.2, 0.25) is 5.88 Å². The Balaban J connectivity index is 1.51. The molecular formula is C15H21N3O2. The van der Waals surface area contributed by atoms with E-state index in [2.05, 4.69) is 27.3 Å². The van der Waals surface area contributed by atoms with E-state index in [-0.39, 0.29) is 12.2 Å². The summed E-state index contributed by atoms with van der Waals surface area (Å²) < 4.78 is 5.83. The molecule has 2 bridgehead atoms. The van der Waals surface area contributed by atoms with Crippen molar-refractivity contribution in [2.75, 3.05) is 18.0 Å². The molecule has 1 aromatic heterocycles. The normalized spacial score (nSPS) is 35.8. The zero-order valence-corrected chi connectivity index (χ0v) is 11.5. The summed E-state index contributed by atoms with van der Waals surface area (Å²) in [5, 5.41) is 12.8. The number of aliphatic hydroxyl groups is 1. The monoisotopic (exact) mass is 275 g/mol. The highest BCUT2D eigenvalue weighted by Crippen LogP contribution is 2.34. The lowest BCUT2D eigenvalue weighted by atomic mass is 9.92. The Morgan fingerprint density at radius 1 is 1.25 bits per heavy atom. The number of hydrogen-bond donors (Lipinski definition) is 2. The number of hydrogen-bond acceptors (Lipinski definition) is 5. The summed E-state index contributed by atoms with van der Waals surface area (Å²) in [6.45, 7) is 2.15. The minimum absolute atomic E-state index is 0.132. The van der Waals surface area contributed by atoms with Crippen molar-refractivity contribution in [2.45, 2.75) is 50.0 Å². The second-order valence-corrected chi connectivity index (χ2v) is 6.17. The first-order chi connectivity index (χ1) is 9.79. The van der Waals surface area contributed by atoms with Crippen LogP contribution in [0.1, 0.15) is 25.7 Å². The van der Waals surface area contributed by atoms with E-state index in [1.54, 1.807) is 0 Å². The Bertz CT molecular complexity index is 474. The molecule has 2 atom stereocenters. The molecule has 0 spiro atoms. The number of piperazine rings is 1. The van der Waals surface area contributed by atoms with Gasteiger partial charge in [-0.1, -0.05) is 0 Å². The molecule has 3 fully saturated rings. The van der Waals surface area contributed by atoms with E-state index < -0.39 is 0 Å². The number of anilines is 1. The van der Waals surface area contributed by atoms with Gasteiger partial charge in [-0.2, -0.15) is 0 Å². The van der Waals surface area contributed by atoms with Crippen molar-refractivity contribution in [3.63, 3.8) is 0 Å². The van der Waals surface area contributed by atoms with Crippen LogP contribution in [-0.4, -0.2) is 47.5 Å². The second-order valence-electron chi connectivity index (χ2n) is 6.17. The lowest BCUT2D eigenvalue weighted by Gasteiger charge is -2.37. The van der Waals surface area contributed by atoms with E-state index >= 15 is 0 Å². The fraction of sp³-hybridized carbons (Fsp3) is 0.667. The number of nitrogens with zero attached hydrogens (tertiary/aromatic N) is 2. The van der Waals surface area contributed by atoms with Crippen LogP contribution in [0.3, 0.4) is 0 Å². The Morgan fingerprint density at radius 2 is 2.00 bits per heavy atom. The zero-order chi connectivity index (χ0) is 13.5. The van der Waals surface area contributed by atoms with Crippen molar-refractivity contribution >= 4 is 5.69 Å². The summed E-state index contributed by atoms with van der Waals surface area (Å²) >= 11 is 0. The number of fused-ring (bicyclic) bond motifs is 2. The number of nitrogens with one attached hydrogen (secondary N) is 1. The Hall–Kier alpha value is -1.33. The van der Waals surface area contributed by atoms with Crippen LogP contribution in [0, 0.1) is 0 Å². The first-order valence-electron chi connectivity index (χ1n) is 7.59. The Labute approximate surface area is 119 Å². The Kier molecular flexibility index (Phi) is 3.04. The number of ether oxygens (including phenoxy) is 1. The zero-order valence-electron chi connectivity index (χ0n) is 11.5.